The Morgan fingerprint density at radius 2 is 1.65 bits per heavy atom. The lowest BCUT2D eigenvalue weighted by atomic mass is 9.99. The fraction of sp³-hybridized carbons (Fsp3) is 0.667. The number of carbonyl (C=O) groups excluding carboxylic acids is 3. The number of imide groups is 1. The molecule has 2 aliphatic heterocycles. The molecular weight excluding hydrogens is 256 g/mol. The number of hydrogen-bond acceptors (Lipinski definition) is 3. The quantitative estimate of drug-likeness (QED) is 0.738. The molecule has 0 saturated carbocycles. The van der Waals surface area contributed by atoms with Gasteiger partial charge in [0.05, 0.1) is 0 Å². The van der Waals surface area contributed by atoms with Crippen molar-refractivity contribution in [1.82, 2.24) is 9.80 Å². The predicted molar refractivity (Wildman–Crippen MR) is 76.8 cm³/mol. The average molecular weight is 280 g/mol. The van der Waals surface area contributed by atoms with Crippen LogP contribution in [0.15, 0.2) is 12.2 Å². The number of amides is 3. The highest BCUT2D eigenvalue weighted by Gasteiger charge is 2.25. The molecule has 0 bridgehead atoms. The van der Waals surface area contributed by atoms with E-state index in [0.29, 0.717) is 5.92 Å². The van der Waals surface area contributed by atoms with Gasteiger partial charge in [-0.2, -0.15) is 0 Å². The predicted octanol–water partition coefficient (Wildman–Crippen LogP) is 1.59. The van der Waals surface area contributed by atoms with Crippen molar-refractivity contribution in [3.63, 3.8) is 0 Å². The Morgan fingerprint density at radius 3 is 2.15 bits per heavy atom. The summed E-state index contributed by atoms with van der Waals surface area (Å²) in [5, 5.41) is 0. The highest BCUT2D eigenvalue weighted by Crippen LogP contribution is 2.16. The van der Waals surface area contributed by atoms with Crippen molar-refractivity contribution in [1.29, 1.82) is 0 Å². The first-order valence-electron chi connectivity index (χ1n) is 7.39. The molecule has 5 heteroatoms. The summed E-state index contributed by atoms with van der Waals surface area (Å²) < 4.78 is 0. The van der Waals surface area contributed by atoms with Crippen LogP contribution in [0.3, 0.4) is 0 Å². The van der Waals surface area contributed by atoms with Crippen LogP contribution in [0.25, 0.3) is 0 Å². The van der Waals surface area contributed by atoms with E-state index < -0.39 is 0 Å². The largest absolute Gasteiger partial charge is 0.343 e. The second-order valence-corrected chi connectivity index (χ2v) is 4.97. The zero-order valence-electron chi connectivity index (χ0n) is 12.6. The van der Waals surface area contributed by atoms with Gasteiger partial charge in [-0.3, -0.25) is 19.3 Å². The SMILES string of the molecule is CC.CC1CCN(C(=O)CCN2C(=O)C=CC2=O)CC1. The van der Waals surface area contributed by atoms with E-state index in [9.17, 15) is 14.4 Å². The zero-order chi connectivity index (χ0) is 15.1. The van der Waals surface area contributed by atoms with Crippen LogP contribution >= 0.6 is 0 Å². The summed E-state index contributed by atoms with van der Waals surface area (Å²) in [6, 6.07) is 0. The van der Waals surface area contributed by atoms with Crippen LogP contribution in [0.4, 0.5) is 0 Å². The Hall–Kier alpha value is -1.65. The van der Waals surface area contributed by atoms with Crippen LogP contribution in [0.1, 0.15) is 40.0 Å². The van der Waals surface area contributed by atoms with Crippen molar-refractivity contribution < 1.29 is 14.4 Å². The van der Waals surface area contributed by atoms with Crippen LogP contribution in [0.2, 0.25) is 0 Å². The summed E-state index contributed by atoms with van der Waals surface area (Å²) >= 11 is 0. The number of carbonyl (C=O) groups is 3. The fourth-order valence-electron chi connectivity index (χ4n) is 2.28. The van der Waals surface area contributed by atoms with E-state index in [-0.39, 0.29) is 30.7 Å². The Labute approximate surface area is 120 Å². The van der Waals surface area contributed by atoms with Gasteiger partial charge in [0, 0.05) is 38.2 Å². The molecule has 0 aromatic rings. The van der Waals surface area contributed by atoms with Crippen LogP contribution in [-0.2, 0) is 14.4 Å². The fourth-order valence-corrected chi connectivity index (χ4v) is 2.28. The molecular formula is C15H24N2O3. The van der Waals surface area contributed by atoms with E-state index in [0.717, 1.165) is 30.8 Å². The minimum atomic E-state index is -0.319. The summed E-state index contributed by atoms with van der Waals surface area (Å²) in [5.74, 6) is 0.0783. The minimum Gasteiger partial charge on any atom is -0.343 e. The Bertz CT molecular complexity index is 378. The molecule has 112 valence electrons. The molecule has 0 spiro atoms. The molecule has 0 aliphatic carbocycles. The zero-order valence-corrected chi connectivity index (χ0v) is 12.6. The van der Waals surface area contributed by atoms with Crippen molar-refractivity contribution >= 4 is 17.7 Å². The average Bonchev–Trinajstić information content (AvgIpc) is 2.78. The Morgan fingerprint density at radius 1 is 1.15 bits per heavy atom. The maximum absolute atomic E-state index is 11.9. The molecule has 0 aromatic heterocycles. The maximum atomic E-state index is 11.9. The number of likely N-dealkylation sites (tertiary alicyclic amines) is 1. The molecule has 0 atom stereocenters. The number of piperidine rings is 1. The van der Waals surface area contributed by atoms with E-state index in [1.54, 1.807) is 0 Å². The monoisotopic (exact) mass is 280 g/mol. The van der Waals surface area contributed by atoms with Crippen molar-refractivity contribution in [2.75, 3.05) is 19.6 Å². The van der Waals surface area contributed by atoms with Gasteiger partial charge in [-0.15, -0.1) is 0 Å². The van der Waals surface area contributed by atoms with E-state index in [4.69, 9.17) is 0 Å². The molecule has 5 nitrogen and oxygen atoms in total. The Kier molecular flexibility index (Phi) is 6.42. The van der Waals surface area contributed by atoms with Crippen LogP contribution < -0.4 is 0 Å². The first-order valence-corrected chi connectivity index (χ1v) is 7.39. The maximum Gasteiger partial charge on any atom is 0.253 e. The summed E-state index contributed by atoms with van der Waals surface area (Å²) in [5.41, 5.74) is 0. The third-order valence-electron chi connectivity index (χ3n) is 3.59. The molecule has 0 unspecified atom stereocenters. The molecule has 0 aromatic carbocycles. The Balaban J connectivity index is 0.000000956. The number of hydrogen-bond donors (Lipinski definition) is 0. The second kappa shape index (κ2) is 7.82. The molecule has 0 radical (unpaired) electrons. The van der Waals surface area contributed by atoms with Gasteiger partial charge in [0.15, 0.2) is 0 Å². The van der Waals surface area contributed by atoms with Crippen LogP contribution in [0.5, 0.6) is 0 Å². The van der Waals surface area contributed by atoms with Gasteiger partial charge in [0.25, 0.3) is 11.8 Å². The van der Waals surface area contributed by atoms with Gasteiger partial charge in [-0.1, -0.05) is 20.8 Å². The van der Waals surface area contributed by atoms with Gasteiger partial charge < -0.3 is 4.90 Å². The molecule has 3 amide bonds. The summed E-state index contributed by atoms with van der Waals surface area (Å²) in [6.07, 6.45) is 4.79. The van der Waals surface area contributed by atoms with Crippen molar-refractivity contribution in [2.45, 2.75) is 40.0 Å². The summed E-state index contributed by atoms with van der Waals surface area (Å²) in [7, 11) is 0. The lowest BCUT2D eigenvalue weighted by Gasteiger charge is -2.30. The van der Waals surface area contributed by atoms with Gasteiger partial charge in [-0.25, -0.2) is 0 Å². The third kappa shape index (κ3) is 4.18. The van der Waals surface area contributed by atoms with Gasteiger partial charge in [0.2, 0.25) is 5.91 Å². The third-order valence-corrected chi connectivity index (χ3v) is 3.59. The molecule has 20 heavy (non-hydrogen) atoms. The van der Waals surface area contributed by atoms with E-state index >= 15 is 0 Å². The minimum absolute atomic E-state index is 0.0365. The van der Waals surface area contributed by atoms with Crippen molar-refractivity contribution in [3.05, 3.63) is 12.2 Å². The van der Waals surface area contributed by atoms with Gasteiger partial charge >= 0.3 is 0 Å². The van der Waals surface area contributed by atoms with Crippen molar-refractivity contribution in [2.24, 2.45) is 5.92 Å². The normalized spacial score (nSPS) is 19.1. The molecule has 2 heterocycles. The molecule has 2 rings (SSSR count). The molecule has 1 saturated heterocycles. The van der Waals surface area contributed by atoms with Crippen molar-refractivity contribution in [3.8, 4) is 0 Å². The number of rotatable bonds is 3. The summed E-state index contributed by atoms with van der Waals surface area (Å²) in [4.78, 5) is 37.5. The van der Waals surface area contributed by atoms with E-state index in [1.807, 2.05) is 18.7 Å². The van der Waals surface area contributed by atoms with Gasteiger partial charge in [-0.05, 0) is 18.8 Å². The molecule has 2 aliphatic rings. The smallest absolute Gasteiger partial charge is 0.253 e. The van der Waals surface area contributed by atoms with E-state index in [1.165, 1.54) is 12.2 Å². The first kappa shape index (κ1) is 16.4. The van der Waals surface area contributed by atoms with Crippen LogP contribution in [0, 0.1) is 5.92 Å². The van der Waals surface area contributed by atoms with E-state index in [2.05, 4.69) is 6.92 Å². The molecule has 0 N–H and O–H groups in total. The highest BCUT2D eigenvalue weighted by molar-refractivity contribution is 6.13. The van der Waals surface area contributed by atoms with Crippen LogP contribution in [-0.4, -0.2) is 47.2 Å². The topological polar surface area (TPSA) is 57.7 Å². The highest BCUT2D eigenvalue weighted by atomic mass is 16.2. The lowest BCUT2D eigenvalue weighted by molar-refractivity contribution is -0.138. The number of nitrogens with zero attached hydrogens (tertiary/aromatic N) is 2. The lowest BCUT2D eigenvalue weighted by Crippen LogP contribution is -2.40. The summed E-state index contributed by atoms with van der Waals surface area (Å²) in [6.45, 7) is 7.96. The molecule has 1 fully saturated rings. The standard InChI is InChI=1S/C13H18N2O3.C2H6/c1-10-4-7-14(8-5-10)11(16)6-9-15-12(17)2-3-13(15)18;1-2/h2-3,10H,4-9H2,1H3;1-2H3. The van der Waals surface area contributed by atoms with Gasteiger partial charge in [0.1, 0.15) is 0 Å². The first-order chi connectivity index (χ1) is 9.58. The second-order valence-electron chi connectivity index (χ2n) is 4.97.